The zero-order valence-electron chi connectivity index (χ0n) is 12.3. The Morgan fingerprint density at radius 2 is 2.19 bits per heavy atom. The first kappa shape index (κ1) is 13.9. The average molecular weight is 284 g/mol. The molecule has 2 atom stereocenters. The number of amides is 1. The number of hydrogen-bond donors (Lipinski definition) is 2. The molecule has 1 aliphatic carbocycles. The summed E-state index contributed by atoms with van der Waals surface area (Å²) < 4.78 is 5.60. The fraction of sp³-hybridized carbons (Fsp3) is 0.353. The van der Waals surface area contributed by atoms with Crippen molar-refractivity contribution in [3.05, 3.63) is 58.5 Å². The van der Waals surface area contributed by atoms with Gasteiger partial charge in [0.1, 0.15) is 5.76 Å². The van der Waals surface area contributed by atoms with E-state index >= 15 is 0 Å². The van der Waals surface area contributed by atoms with E-state index in [4.69, 9.17) is 10.2 Å². The quantitative estimate of drug-likeness (QED) is 0.910. The summed E-state index contributed by atoms with van der Waals surface area (Å²) in [5, 5.41) is 3.01. The highest BCUT2D eigenvalue weighted by atomic mass is 16.4. The minimum absolute atomic E-state index is 0.0792. The average Bonchev–Trinajstić information content (AvgIpc) is 3.01. The number of fused-ring (bicyclic) bond motifs is 1. The van der Waals surface area contributed by atoms with Gasteiger partial charge in [-0.15, -0.1) is 0 Å². The summed E-state index contributed by atoms with van der Waals surface area (Å²) in [5.41, 5.74) is 9.44. The normalized spacial score (nSPS) is 20.3. The number of benzene rings is 1. The third-order valence-corrected chi connectivity index (χ3v) is 4.13. The van der Waals surface area contributed by atoms with Crippen LogP contribution < -0.4 is 11.1 Å². The van der Waals surface area contributed by atoms with E-state index in [1.165, 1.54) is 5.56 Å². The lowest BCUT2D eigenvalue weighted by molar-refractivity contribution is 0.0902. The molecule has 3 rings (SSSR count). The number of aryl methyl sites for hydroxylation is 2. The molecular weight excluding hydrogens is 264 g/mol. The molecule has 0 unspecified atom stereocenters. The molecule has 110 valence electrons. The van der Waals surface area contributed by atoms with Crippen molar-refractivity contribution in [3.8, 4) is 0 Å². The Labute approximate surface area is 124 Å². The first-order chi connectivity index (χ1) is 10.1. The van der Waals surface area contributed by atoms with Gasteiger partial charge in [0.05, 0.1) is 12.1 Å². The Kier molecular flexibility index (Phi) is 3.55. The van der Waals surface area contributed by atoms with E-state index in [0.717, 1.165) is 29.7 Å². The van der Waals surface area contributed by atoms with Gasteiger partial charge in [0, 0.05) is 12.0 Å². The summed E-state index contributed by atoms with van der Waals surface area (Å²) in [6, 6.07) is 9.75. The van der Waals surface area contributed by atoms with E-state index in [0.29, 0.717) is 5.76 Å². The maximum absolute atomic E-state index is 12.4. The van der Waals surface area contributed by atoms with Gasteiger partial charge in [0.25, 0.3) is 5.91 Å². The molecule has 1 aromatic carbocycles. The molecule has 1 amide bonds. The van der Waals surface area contributed by atoms with E-state index in [1.807, 2.05) is 38.1 Å². The van der Waals surface area contributed by atoms with Crippen molar-refractivity contribution >= 4 is 5.91 Å². The highest BCUT2D eigenvalue weighted by Crippen LogP contribution is 2.29. The van der Waals surface area contributed by atoms with Crippen LogP contribution in [-0.4, -0.2) is 11.9 Å². The number of nitrogens with one attached hydrogen (secondary N) is 1. The van der Waals surface area contributed by atoms with Crippen molar-refractivity contribution < 1.29 is 9.21 Å². The second kappa shape index (κ2) is 5.37. The van der Waals surface area contributed by atoms with E-state index in [-0.39, 0.29) is 18.0 Å². The SMILES string of the molecule is CCc1cc(C)c(C(=O)N[C@@H]2Cc3ccccc3[C@H]2N)o1. The van der Waals surface area contributed by atoms with Gasteiger partial charge in [-0.25, -0.2) is 0 Å². The molecule has 4 heteroatoms. The number of carbonyl (C=O) groups is 1. The van der Waals surface area contributed by atoms with Crippen LogP contribution >= 0.6 is 0 Å². The molecule has 2 aromatic rings. The first-order valence-electron chi connectivity index (χ1n) is 7.33. The third-order valence-electron chi connectivity index (χ3n) is 4.13. The lowest BCUT2D eigenvalue weighted by Gasteiger charge is -2.17. The lowest BCUT2D eigenvalue weighted by Crippen LogP contribution is -2.40. The lowest BCUT2D eigenvalue weighted by atomic mass is 10.1. The fourth-order valence-electron chi connectivity index (χ4n) is 2.95. The Morgan fingerprint density at radius 1 is 1.43 bits per heavy atom. The zero-order valence-corrected chi connectivity index (χ0v) is 12.3. The third kappa shape index (κ3) is 2.47. The van der Waals surface area contributed by atoms with Gasteiger partial charge in [-0.3, -0.25) is 4.79 Å². The molecule has 1 heterocycles. The van der Waals surface area contributed by atoms with Gasteiger partial charge in [0.2, 0.25) is 0 Å². The number of carbonyl (C=O) groups excluding carboxylic acids is 1. The number of furan rings is 1. The van der Waals surface area contributed by atoms with Crippen LogP contribution in [0.5, 0.6) is 0 Å². The maximum atomic E-state index is 12.4. The van der Waals surface area contributed by atoms with Crippen LogP contribution in [0, 0.1) is 6.92 Å². The molecule has 0 saturated heterocycles. The molecular formula is C17H20N2O2. The van der Waals surface area contributed by atoms with Crippen molar-refractivity contribution in [2.75, 3.05) is 0 Å². The summed E-state index contributed by atoms with van der Waals surface area (Å²) in [6.45, 7) is 3.89. The minimum Gasteiger partial charge on any atom is -0.456 e. The van der Waals surface area contributed by atoms with Gasteiger partial charge >= 0.3 is 0 Å². The van der Waals surface area contributed by atoms with E-state index in [9.17, 15) is 4.79 Å². The van der Waals surface area contributed by atoms with Gasteiger partial charge in [-0.05, 0) is 30.5 Å². The molecule has 3 N–H and O–H groups in total. The molecule has 0 aliphatic heterocycles. The van der Waals surface area contributed by atoms with Crippen LogP contribution in [0.1, 0.15) is 46.0 Å². The number of hydrogen-bond acceptors (Lipinski definition) is 3. The van der Waals surface area contributed by atoms with E-state index in [2.05, 4.69) is 11.4 Å². The Hall–Kier alpha value is -2.07. The molecule has 21 heavy (non-hydrogen) atoms. The molecule has 0 bridgehead atoms. The fourth-order valence-corrected chi connectivity index (χ4v) is 2.95. The van der Waals surface area contributed by atoms with Crippen LogP contribution in [0.3, 0.4) is 0 Å². The van der Waals surface area contributed by atoms with E-state index in [1.54, 1.807) is 0 Å². The zero-order chi connectivity index (χ0) is 15.0. The smallest absolute Gasteiger partial charge is 0.287 e. The van der Waals surface area contributed by atoms with Crippen LogP contribution in [0.4, 0.5) is 0 Å². The largest absolute Gasteiger partial charge is 0.456 e. The number of nitrogens with two attached hydrogens (primary N) is 1. The Morgan fingerprint density at radius 3 is 2.86 bits per heavy atom. The number of rotatable bonds is 3. The van der Waals surface area contributed by atoms with Crippen molar-refractivity contribution in [2.24, 2.45) is 5.73 Å². The van der Waals surface area contributed by atoms with Crippen molar-refractivity contribution in [3.63, 3.8) is 0 Å². The van der Waals surface area contributed by atoms with Gasteiger partial charge in [-0.1, -0.05) is 31.2 Å². The van der Waals surface area contributed by atoms with Gasteiger partial charge < -0.3 is 15.5 Å². The second-order valence-electron chi connectivity index (χ2n) is 5.59. The summed E-state index contributed by atoms with van der Waals surface area (Å²) in [6.07, 6.45) is 1.55. The highest BCUT2D eigenvalue weighted by molar-refractivity contribution is 5.93. The van der Waals surface area contributed by atoms with E-state index < -0.39 is 0 Å². The Bertz CT molecular complexity index is 675. The monoisotopic (exact) mass is 284 g/mol. The molecule has 1 aliphatic rings. The summed E-state index contributed by atoms with van der Waals surface area (Å²) in [5.74, 6) is 1.05. The van der Waals surface area contributed by atoms with Crippen molar-refractivity contribution in [2.45, 2.75) is 38.8 Å². The molecule has 4 nitrogen and oxygen atoms in total. The van der Waals surface area contributed by atoms with Crippen molar-refractivity contribution in [1.29, 1.82) is 0 Å². The van der Waals surface area contributed by atoms with Gasteiger partial charge in [0.15, 0.2) is 5.76 Å². The van der Waals surface area contributed by atoms with Crippen LogP contribution in [0.25, 0.3) is 0 Å². The van der Waals surface area contributed by atoms with Crippen LogP contribution in [0.15, 0.2) is 34.7 Å². The maximum Gasteiger partial charge on any atom is 0.287 e. The van der Waals surface area contributed by atoms with Crippen LogP contribution in [-0.2, 0) is 12.8 Å². The predicted molar refractivity (Wildman–Crippen MR) is 81.2 cm³/mol. The highest BCUT2D eigenvalue weighted by Gasteiger charge is 2.31. The molecule has 1 aromatic heterocycles. The first-order valence-corrected chi connectivity index (χ1v) is 7.33. The summed E-state index contributed by atoms with van der Waals surface area (Å²) in [4.78, 5) is 12.4. The topological polar surface area (TPSA) is 68.3 Å². The molecule has 0 spiro atoms. The standard InChI is InChI=1S/C17H20N2O2/c1-3-12-8-10(2)16(21-12)17(20)19-14-9-11-6-4-5-7-13(11)15(14)18/h4-8,14-15H,3,9,18H2,1-2H3,(H,19,20)/t14-,15-/m1/s1. The van der Waals surface area contributed by atoms with Crippen LogP contribution in [0.2, 0.25) is 0 Å². The predicted octanol–water partition coefficient (Wildman–Crippen LogP) is 2.50. The second-order valence-corrected chi connectivity index (χ2v) is 5.59. The van der Waals surface area contributed by atoms with Crippen molar-refractivity contribution in [1.82, 2.24) is 5.32 Å². The Balaban J connectivity index is 1.76. The van der Waals surface area contributed by atoms with Gasteiger partial charge in [-0.2, -0.15) is 0 Å². The molecule has 0 saturated carbocycles. The minimum atomic E-state index is -0.180. The summed E-state index contributed by atoms with van der Waals surface area (Å²) in [7, 11) is 0. The molecule has 0 fully saturated rings. The summed E-state index contributed by atoms with van der Waals surface area (Å²) >= 11 is 0. The molecule has 0 radical (unpaired) electrons.